The van der Waals surface area contributed by atoms with Gasteiger partial charge in [0.2, 0.25) is 23.6 Å². The summed E-state index contributed by atoms with van der Waals surface area (Å²) < 4.78 is 19.9. The average Bonchev–Trinajstić information content (AvgIpc) is 3.36. The molecule has 6 atom stereocenters. The zero-order valence-electron chi connectivity index (χ0n) is 23.7. The van der Waals surface area contributed by atoms with Crippen LogP contribution in [-0.4, -0.2) is 64.5 Å². The Labute approximate surface area is 257 Å². The Morgan fingerprint density at radius 2 is 1.84 bits per heavy atom. The van der Waals surface area contributed by atoms with Crippen molar-refractivity contribution in [3.05, 3.63) is 70.5 Å². The van der Waals surface area contributed by atoms with Crippen LogP contribution >= 0.6 is 11.6 Å². The topological polar surface area (TPSA) is 142 Å². The van der Waals surface area contributed by atoms with E-state index in [9.17, 15) is 38.6 Å². The number of carboxylic acid groups (broad SMARTS) is 1. The molecule has 2 aromatic carbocycles. The number of aliphatic hydroxyl groups excluding tert-OH is 1. The Morgan fingerprint density at radius 1 is 1.09 bits per heavy atom. The molecule has 4 amide bonds. The Morgan fingerprint density at radius 3 is 2.55 bits per heavy atom. The first-order chi connectivity index (χ1) is 21.0. The number of amides is 4. The number of nitrogens with zero attached hydrogens (tertiary/aromatic N) is 2. The minimum Gasteiger partial charge on any atom is -0.491 e. The summed E-state index contributed by atoms with van der Waals surface area (Å²) in [6.45, 7) is 1.18. The predicted molar refractivity (Wildman–Crippen MR) is 154 cm³/mol. The number of aliphatic carboxylic acids is 1. The lowest BCUT2D eigenvalue weighted by Gasteiger charge is -2.49. The zero-order chi connectivity index (χ0) is 31.5. The maximum Gasteiger partial charge on any atom is 0.305 e. The zero-order valence-corrected chi connectivity index (χ0v) is 24.5. The summed E-state index contributed by atoms with van der Waals surface area (Å²) in [6.07, 6.45) is 1.80. The number of allylic oxidation sites excluding steroid dienone is 2. The quantitative estimate of drug-likeness (QED) is 0.336. The second kappa shape index (κ2) is 11.1. The van der Waals surface area contributed by atoms with Gasteiger partial charge in [-0.3, -0.25) is 28.9 Å². The number of fused-ring (bicyclic) bond motifs is 4. The Balaban J connectivity index is 1.49. The molecule has 0 unspecified atom stereocenters. The molecule has 4 aliphatic rings. The third kappa shape index (κ3) is 4.44. The highest BCUT2D eigenvalue weighted by molar-refractivity contribution is 6.31. The van der Waals surface area contributed by atoms with Crippen LogP contribution in [-0.2, 0) is 24.0 Å². The number of carboxylic acids is 1. The van der Waals surface area contributed by atoms with E-state index in [1.165, 1.54) is 12.1 Å². The highest BCUT2D eigenvalue weighted by Crippen LogP contribution is 2.64. The first-order valence-corrected chi connectivity index (χ1v) is 14.8. The fraction of sp³-hybridized carbons (Fsp3) is 0.406. The molecule has 3 fully saturated rings. The van der Waals surface area contributed by atoms with Gasteiger partial charge in [-0.05, 0) is 49.9 Å². The number of anilines is 1. The highest BCUT2D eigenvalue weighted by atomic mass is 35.5. The molecule has 2 aliphatic heterocycles. The average molecular weight is 625 g/mol. The van der Waals surface area contributed by atoms with Crippen LogP contribution < -0.4 is 9.64 Å². The van der Waals surface area contributed by atoms with Crippen molar-refractivity contribution in [2.24, 2.45) is 29.1 Å². The number of halogens is 2. The van der Waals surface area contributed by atoms with Crippen molar-refractivity contribution in [2.75, 3.05) is 24.7 Å². The van der Waals surface area contributed by atoms with Gasteiger partial charge in [0.15, 0.2) is 0 Å². The van der Waals surface area contributed by atoms with Gasteiger partial charge in [0.25, 0.3) is 0 Å². The third-order valence-corrected chi connectivity index (χ3v) is 9.95. The molecule has 0 spiro atoms. The van der Waals surface area contributed by atoms with E-state index in [0.717, 1.165) is 21.4 Å². The molecular weight excluding hydrogens is 595 g/mol. The maximum absolute atomic E-state index is 14.5. The standard InChI is InChI=1S/C32H30ClFN2O8/c1-32-21(29(41)36(31(32)43)16-6-9-23(34)22(33)14-16)15-20-17(27(32)18-4-2-3-5-24(18)44-13-12-37)7-8-19-26(20)30(42)35(28(19)40)11-10-25(38)39/h2-7,9,14,19-21,26-27,37H,8,10-13,15H2,1H3,(H,38,39)/t19-,20+,21-,26-,27+,32+/m0/s1. The number of para-hydroxylation sites is 1. The van der Waals surface area contributed by atoms with E-state index in [1.807, 2.05) is 6.08 Å². The summed E-state index contributed by atoms with van der Waals surface area (Å²) in [5, 5.41) is 18.4. The summed E-state index contributed by atoms with van der Waals surface area (Å²) in [6, 6.07) is 10.6. The first-order valence-electron chi connectivity index (χ1n) is 14.4. The number of carbonyl (C=O) groups is 5. The van der Waals surface area contributed by atoms with Crippen molar-refractivity contribution in [3.63, 3.8) is 0 Å². The molecule has 2 N–H and O–H groups in total. The monoisotopic (exact) mass is 624 g/mol. The van der Waals surface area contributed by atoms with Crippen molar-refractivity contribution in [2.45, 2.75) is 32.1 Å². The molecule has 1 saturated carbocycles. The van der Waals surface area contributed by atoms with Gasteiger partial charge in [0.1, 0.15) is 18.2 Å². The van der Waals surface area contributed by atoms with Gasteiger partial charge in [-0.15, -0.1) is 0 Å². The fourth-order valence-electron chi connectivity index (χ4n) is 7.73. The number of ether oxygens (including phenoxy) is 1. The second-order valence-electron chi connectivity index (χ2n) is 11.8. The summed E-state index contributed by atoms with van der Waals surface area (Å²) in [5.41, 5.74) is 0.0711. The van der Waals surface area contributed by atoms with Gasteiger partial charge < -0.3 is 14.9 Å². The summed E-state index contributed by atoms with van der Waals surface area (Å²) >= 11 is 6.04. The number of imide groups is 2. The lowest BCUT2D eigenvalue weighted by atomic mass is 9.51. The molecule has 0 bridgehead atoms. The van der Waals surface area contributed by atoms with Crippen LogP contribution in [0.15, 0.2) is 54.1 Å². The van der Waals surface area contributed by atoms with Gasteiger partial charge in [-0.25, -0.2) is 9.29 Å². The molecule has 2 aromatic rings. The number of benzene rings is 2. The van der Waals surface area contributed by atoms with Gasteiger partial charge in [-0.2, -0.15) is 0 Å². The van der Waals surface area contributed by atoms with Crippen molar-refractivity contribution in [3.8, 4) is 5.75 Å². The van der Waals surface area contributed by atoms with Crippen LogP contribution in [0.2, 0.25) is 5.02 Å². The molecule has 6 rings (SSSR count). The number of likely N-dealkylation sites (tertiary alicyclic amines) is 1. The van der Waals surface area contributed by atoms with Crippen molar-refractivity contribution < 1.29 is 43.3 Å². The molecule has 2 heterocycles. The molecule has 230 valence electrons. The number of carbonyl (C=O) groups excluding carboxylic acids is 4. The van der Waals surface area contributed by atoms with Crippen LogP contribution in [0.3, 0.4) is 0 Å². The van der Waals surface area contributed by atoms with E-state index < -0.39 is 70.4 Å². The molecule has 10 nitrogen and oxygen atoms in total. The van der Waals surface area contributed by atoms with Gasteiger partial charge >= 0.3 is 5.97 Å². The molecule has 2 aliphatic carbocycles. The van der Waals surface area contributed by atoms with Gasteiger partial charge in [-0.1, -0.05) is 41.4 Å². The Hall–Kier alpha value is -4.09. The van der Waals surface area contributed by atoms with Crippen molar-refractivity contribution in [1.82, 2.24) is 4.90 Å². The largest absolute Gasteiger partial charge is 0.491 e. The summed E-state index contributed by atoms with van der Waals surface area (Å²) in [7, 11) is 0. The van der Waals surface area contributed by atoms with E-state index in [0.29, 0.717) is 11.3 Å². The summed E-state index contributed by atoms with van der Waals surface area (Å²) in [5.74, 6) is -7.22. The minimum absolute atomic E-state index is 0.0182. The van der Waals surface area contributed by atoms with Crippen LogP contribution in [0.25, 0.3) is 0 Å². The van der Waals surface area contributed by atoms with E-state index in [2.05, 4.69) is 0 Å². The molecule has 44 heavy (non-hydrogen) atoms. The fourth-order valence-corrected chi connectivity index (χ4v) is 7.90. The molecule has 0 radical (unpaired) electrons. The third-order valence-electron chi connectivity index (χ3n) is 9.66. The highest BCUT2D eigenvalue weighted by Gasteiger charge is 2.67. The predicted octanol–water partition coefficient (Wildman–Crippen LogP) is 3.56. The number of hydrogen-bond donors (Lipinski definition) is 2. The SMILES string of the molecule is C[C@@]12C(=O)N(c3ccc(F)c(Cl)c3)C(=O)[C@@H]1C[C@@H]1C(=CC[C@@H]3C(=O)N(CCC(=O)O)C(=O)[C@@H]31)[C@@H]2c1ccccc1OCCO. The van der Waals surface area contributed by atoms with E-state index in [4.69, 9.17) is 16.3 Å². The molecular formula is C32H30ClFN2O8. The van der Waals surface area contributed by atoms with Crippen LogP contribution in [0.4, 0.5) is 10.1 Å². The van der Waals surface area contributed by atoms with Crippen LogP contribution in [0.5, 0.6) is 5.75 Å². The number of aliphatic hydroxyl groups is 1. The first kappa shape index (κ1) is 30.0. The van der Waals surface area contributed by atoms with Crippen molar-refractivity contribution >= 4 is 46.9 Å². The minimum atomic E-state index is -1.36. The maximum atomic E-state index is 14.5. The van der Waals surface area contributed by atoms with E-state index in [1.54, 1.807) is 31.2 Å². The molecule has 12 heteroatoms. The molecule has 0 aromatic heterocycles. The molecule has 2 saturated heterocycles. The van der Waals surface area contributed by atoms with Gasteiger partial charge in [0, 0.05) is 18.0 Å². The van der Waals surface area contributed by atoms with E-state index in [-0.39, 0.29) is 49.7 Å². The lowest BCUT2D eigenvalue weighted by molar-refractivity contribution is -0.142. The Kier molecular flexibility index (Phi) is 7.57. The van der Waals surface area contributed by atoms with Crippen LogP contribution in [0, 0.1) is 34.9 Å². The normalized spacial score (nSPS) is 29.4. The second-order valence-corrected chi connectivity index (χ2v) is 12.2. The summed E-state index contributed by atoms with van der Waals surface area (Å²) in [4.78, 5) is 69.0. The smallest absolute Gasteiger partial charge is 0.305 e. The Bertz CT molecular complexity index is 1630. The van der Waals surface area contributed by atoms with Crippen LogP contribution in [0.1, 0.15) is 37.7 Å². The lowest BCUT2D eigenvalue weighted by Crippen LogP contribution is -2.49. The van der Waals surface area contributed by atoms with Crippen molar-refractivity contribution in [1.29, 1.82) is 0 Å². The van der Waals surface area contributed by atoms with E-state index >= 15 is 0 Å². The number of rotatable bonds is 8. The number of hydrogen-bond acceptors (Lipinski definition) is 7. The van der Waals surface area contributed by atoms with Gasteiger partial charge in [0.05, 0.1) is 46.9 Å².